The maximum absolute atomic E-state index is 13.0. The molecule has 26 heavy (non-hydrogen) atoms. The molecule has 2 amide bonds. The lowest BCUT2D eigenvalue weighted by Crippen LogP contribution is -2.34. The number of carbonyl (C=O) groups is 2. The van der Waals surface area contributed by atoms with Gasteiger partial charge >= 0.3 is 0 Å². The summed E-state index contributed by atoms with van der Waals surface area (Å²) >= 11 is 6.12. The number of phenols is 2. The topological polar surface area (TPSA) is 111 Å². The van der Waals surface area contributed by atoms with Crippen LogP contribution in [0, 0.1) is 5.82 Å². The fourth-order valence-electron chi connectivity index (χ4n) is 1.82. The number of hydrogen-bond acceptors (Lipinski definition) is 5. The van der Waals surface area contributed by atoms with Crippen molar-refractivity contribution in [3.8, 4) is 11.5 Å². The highest BCUT2D eigenvalue weighted by Crippen LogP contribution is 2.40. The third kappa shape index (κ3) is 5.02. The quantitative estimate of drug-likeness (QED) is 0.383. The first-order valence-corrected chi connectivity index (χ1v) is 8.63. The van der Waals surface area contributed by atoms with Crippen LogP contribution in [0.2, 0.25) is 0 Å². The van der Waals surface area contributed by atoms with E-state index < -0.39 is 17.6 Å². The minimum atomic E-state index is -0.623. The molecule has 0 saturated carbocycles. The van der Waals surface area contributed by atoms with Gasteiger partial charge in [-0.25, -0.2) is 9.82 Å². The van der Waals surface area contributed by atoms with Gasteiger partial charge in [-0.2, -0.15) is 5.10 Å². The summed E-state index contributed by atoms with van der Waals surface area (Å²) in [5.41, 5.74) is 2.48. The molecule has 2 rings (SSSR count). The number of aromatic hydroxyl groups is 2. The Bertz CT molecular complexity index is 890. The summed E-state index contributed by atoms with van der Waals surface area (Å²) in [5.74, 6) is -2.22. The lowest BCUT2D eigenvalue weighted by atomic mass is 10.2. The van der Waals surface area contributed by atoms with Crippen molar-refractivity contribution in [1.29, 1.82) is 0 Å². The molecule has 0 radical (unpaired) electrons. The SMILES string of the molecule is O=C(CNC(=O)c1cccc(F)c1)N/N=C/c1cc(Br)c(O)c(Br)c1O. The molecule has 0 spiro atoms. The second kappa shape index (κ2) is 8.77. The molecular weight excluding hydrogens is 477 g/mol. The van der Waals surface area contributed by atoms with Crippen molar-refractivity contribution in [3.63, 3.8) is 0 Å². The van der Waals surface area contributed by atoms with Crippen molar-refractivity contribution < 1.29 is 24.2 Å². The van der Waals surface area contributed by atoms with E-state index >= 15 is 0 Å². The van der Waals surface area contributed by atoms with Gasteiger partial charge in [-0.1, -0.05) is 6.07 Å². The Morgan fingerprint density at radius 1 is 1.19 bits per heavy atom. The average Bonchev–Trinajstić information content (AvgIpc) is 2.62. The van der Waals surface area contributed by atoms with Crippen LogP contribution in [0.25, 0.3) is 0 Å². The third-order valence-electron chi connectivity index (χ3n) is 3.09. The molecule has 0 bridgehead atoms. The monoisotopic (exact) mass is 487 g/mol. The van der Waals surface area contributed by atoms with Crippen LogP contribution in [-0.4, -0.2) is 34.8 Å². The molecule has 4 N–H and O–H groups in total. The van der Waals surface area contributed by atoms with Gasteiger partial charge in [-0.05, 0) is 56.1 Å². The average molecular weight is 489 g/mol. The molecule has 0 aliphatic carbocycles. The number of halogens is 3. The molecule has 0 aliphatic rings. The zero-order chi connectivity index (χ0) is 19.3. The molecule has 10 heteroatoms. The molecule has 0 aromatic heterocycles. The third-order valence-corrected chi connectivity index (χ3v) is 4.44. The van der Waals surface area contributed by atoms with Crippen LogP contribution in [0.15, 0.2) is 44.4 Å². The maximum Gasteiger partial charge on any atom is 0.259 e. The number of rotatable bonds is 5. The molecule has 0 saturated heterocycles. The minimum absolute atomic E-state index is 0.0713. The molecular formula is C16H12Br2FN3O4. The lowest BCUT2D eigenvalue weighted by molar-refractivity contribution is -0.120. The van der Waals surface area contributed by atoms with E-state index in [1.807, 2.05) is 0 Å². The molecule has 0 aliphatic heterocycles. The van der Waals surface area contributed by atoms with Gasteiger partial charge in [0.2, 0.25) is 0 Å². The van der Waals surface area contributed by atoms with E-state index in [0.29, 0.717) is 4.47 Å². The van der Waals surface area contributed by atoms with Crippen LogP contribution >= 0.6 is 31.9 Å². The Labute approximate surface area is 164 Å². The summed E-state index contributed by atoms with van der Waals surface area (Å²) in [7, 11) is 0. The highest BCUT2D eigenvalue weighted by atomic mass is 79.9. The van der Waals surface area contributed by atoms with E-state index in [9.17, 15) is 24.2 Å². The Kier molecular flexibility index (Phi) is 6.70. The van der Waals surface area contributed by atoms with Crippen LogP contribution in [0.4, 0.5) is 4.39 Å². The number of benzene rings is 2. The fraction of sp³-hybridized carbons (Fsp3) is 0.0625. The second-order valence-electron chi connectivity index (χ2n) is 4.95. The zero-order valence-electron chi connectivity index (χ0n) is 13.0. The smallest absolute Gasteiger partial charge is 0.259 e. The Morgan fingerprint density at radius 2 is 1.92 bits per heavy atom. The van der Waals surface area contributed by atoms with E-state index in [4.69, 9.17) is 0 Å². The highest BCUT2D eigenvalue weighted by Gasteiger charge is 2.13. The molecule has 0 fully saturated rings. The predicted octanol–water partition coefficient (Wildman–Crippen LogP) is 2.64. The molecule has 2 aromatic carbocycles. The first-order valence-electron chi connectivity index (χ1n) is 7.05. The lowest BCUT2D eigenvalue weighted by Gasteiger charge is -2.06. The number of carbonyl (C=O) groups excluding carboxylic acids is 2. The first kappa shape index (κ1) is 19.9. The summed E-state index contributed by atoms with van der Waals surface area (Å²) in [6.07, 6.45) is 1.16. The summed E-state index contributed by atoms with van der Waals surface area (Å²) in [5, 5.41) is 25.5. The summed E-state index contributed by atoms with van der Waals surface area (Å²) in [6.45, 7) is -0.373. The number of nitrogens with one attached hydrogen (secondary N) is 2. The largest absolute Gasteiger partial charge is 0.506 e. The van der Waals surface area contributed by atoms with E-state index in [2.05, 4.69) is 47.7 Å². The van der Waals surface area contributed by atoms with Crippen LogP contribution in [0.5, 0.6) is 11.5 Å². The number of amides is 2. The Morgan fingerprint density at radius 3 is 2.62 bits per heavy atom. The van der Waals surface area contributed by atoms with Crippen LogP contribution in [-0.2, 0) is 4.79 Å². The van der Waals surface area contributed by atoms with E-state index in [1.54, 1.807) is 0 Å². The number of hydrazone groups is 1. The summed E-state index contributed by atoms with van der Waals surface area (Å²) < 4.78 is 13.4. The van der Waals surface area contributed by atoms with Gasteiger partial charge in [0.25, 0.3) is 11.8 Å². The molecule has 0 heterocycles. The van der Waals surface area contributed by atoms with Gasteiger partial charge in [0.05, 0.1) is 17.2 Å². The van der Waals surface area contributed by atoms with Gasteiger partial charge in [-0.3, -0.25) is 9.59 Å². The predicted molar refractivity (Wildman–Crippen MR) is 99.6 cm³/mol. The van der Waals surface area contributed by atoms with E-state index in [0.717, 1.165) is 12.3 Å². The van der Waals surface area contributed by atoms with E-state index in [1.165, 1.54) is 24.3 Å². The van der Waals surface area contributed by atoms with Crippen LogP contribution in [0.1, 0.15) is 15.9 Å². The van der Waals surface area contributed by atoms with Gasteiger partial charge < -0.3 is 15.5 Å². The Balaban J connectivity index is 1.91. The molecule has 0 atom stereocenters. The molecule has 7 nitrogen and oxygen atoms in total. The van der Waals surface area contributed by atoms with Crippen molar-refractivity contribution in [2.24, 2.45) is 5.10 Å². The fourth-order valence-corrected chi connectivity index (χ4v) is 2.97. The minimum Gasteiger partial charge on any atom is -0.506 e. The zero-order valence-corrected chi connectivity index (χ0v) is 16.1. The van der Waals surface area contributed by atoms with E-state index in [-0.39, 0.29) is 33.6 Å². The molecule has 2 aromatic rings. The highest BCUT2D eigenvalue weighted by molar-refractivity contribution is 9.11. The van der Waals surface area contributed by atoms with Crippen molar-refractivity contribution in [1.82, 2.24) is 10.7 Å². The first-order chi connectivity index (χ1) is 12.3. The number of phenolic OH excluding ortho intramolecular Hbond substituents is 2. The number of hydrogen-bond donors (Lipinski definition) is 4. The van der Waals surface area contributed by atoms with Gasteiger partial charge in [-0.15, -0.1) is 0 Å². The van der Waals surface area contributed by atoms with Gasteiger partial charge in [0.1, 0.15) is 21.8 Å². The standard InChI is InChI=1S/C16H12Br2FN3O4/c17-11-5-9(14(24)13(18)15(11)25)6-21-22-12(23)7-20-16(26)8-2-1-3-10(19)4-8/h1-6,24-25H,7H2,(H,20,26)(H,22,23)/b21-6+. The van der Waals surface area contributed by atoms with Gasteiger partial charge in [0.15, 0.2) is 0 Å². The summed E-state index contributed by atoms with van der Waals surface area (Å²) in [4.78, 5) is 23.5. The van der Waals surface area contributed by atoms with Gasteiger partial charge in [0, 0.05) is 11.1 Å². The van der Waals surface area contributed by atoms with Crippen molar-refractivity contribution >= 4 is 49.9 Å². The van der Waals surface area contributed by atoms with Crippen molar-refractivity contribution in [2.45, 2.75) is 0 Å². The summed E-state index contributed by atoms with van der Waals surface area (Å²) in [6, 6.07) is 6.45. The molecule has 0 unspecified atom stereocenters. The Hall–Kier alpha value is -2.46. The van der Waals surface area contributed by atoms with Crippen molar-refractivity contribution in [2.75, 3.05) is 6.54 Å². The van der Waals surface area contributed by atoms with Crippen molar-refractivity contribution in [3.05, 3.63) is 56.2 Å². The molecule has 136 valence electrons. The number of nitrogens with zero attached hydrogens (tertiary/aromatic N) is 1. The normalized spacial score (nSPS) is 10.7. The van der Waals surface area contributed by atoms with Crippen LogP contribution in [0.3, 0.4) is 0 Å². The van der Waals surface area contributed by atoms with Crippen LogP contribution < -0.4 is 10.7 Å². The second-order valence-corrected chi connectivity index (χ2v) is 6.59. The maximum atomic E-state index is 13.0.